The number of amides is 3. The molecular weight excluding hydrogens is 721 g/mol. The van der Waals surface area contributed by atoms with E-state index in [1.54, 1.807) is 6.92 Å². The van der Waals surface area contributed by atoms with Crippen molar-refractivity contribution in [2.75, 3.05) is 6.54 Å². The van der Waals surface area contributed by atoms with Gasteiger partial charge in [0.25, 0.3) is 5.91 Å². The molecule has 4 aromatic rings. The van der Waals surface area contributed by atoms with Crippen LogP contribution in [-0.2, 0) is 24.4 Å². The highest BCUT2D eigenvalue weighted by atomic mass is 32.2. The summed E-state index contributed by atoms with van der Waals surface area (Å²) in [6.45, 7) is 1.80. The van der Waals surface area contributed by atoms with E-state index in [-0.39, 0.29) is 36.8 Å². The van der Waals surface area contributed by atoms with Gasteiger partial charge in [-0.3, -0.25) is 28.9 Å². The van der Waals surface area contributed by atoms with Gasteiger partial charge in [0.05, 0.1) is 40.7 Å². The zero-order valence-corrected chi connectivity index (χ0v) is 31.5. The molecule has 5 atom stereocenters. The van der Waals surface area contributed by atoms with Gasteiger partial charge in [0.2, 0.25) is 27.7 Å². The SMILES string of the molecule is Cc1cnc(C(=O)N[C@H]2CCCCC/C=C\[C@@H]3C[C@@]3(C(=O)NS(=O)(=O)C3CC3)CC(=O)[C@@H]3C[C@@H](Oc4nc5ccccc5c5ccccc45)CN3C2=O)cn1. The Labute approximate surface area is 319 Å². The monoisotopic (exact) mass is 764 g/mol. The summed E-state index contributed by atoms with van der Waals surface area (Å²) in [6, 6.07) is 13.5. The molecule has 3 amide bonds. The molecule has 0 radical (unpaired) electrons. The molecule has 0 spiro atoms. The maximum atomic E-state index is 14.7. The first-order chi connectivity index (χ1) is 26.5. The molecule has 2 N–H and O–H groups in total. The summed E-state index contributed by atoms with van der Waals surface area (Å²) >= 11 is 0. The summed E-state index contributed by atoms with van der Waals surface area (Å²) in [5.74, 6) is -1.98. The average molecular weight is 765 g/mol. The zero-order chi connectivity index (χ0) is 38.3. The normalized spacial score (nSPS) is 26.7. The predicted molar refractivity (Wildman–Crippen MR) is 204 cm³/mol. The van der Waals surface area contributed by atoms with Crippen LogP contribution in [0.5, 0.6) is 5.88 Å². The standard InChI is InChI=1S/C41H44N6O7S/c1-25-22-43-34(23-42-25)37(49)44-33-16-6-4-2-3-5-11-26-20-41(26,40(51)46-55(52,53)28-17-18-28)21-36(48)35-19-27(24-47(35)39(33)50)54-38-31-14-8-7-12-29(31)30-13-9-10-15-32(30)45-38/h5,7-15,22-23,26-28,33,35H,2-4,6,16-21,24H2,1H3,(H,44,49)(H,46,51)/b11-5-/t26-,27-,33+,35+,41-/m1/s1. The lowest BCUT2D eigenvalue weighted by Gasteiger charge is -2.29. The van der Waals surface area contributed by atoms with Crippen LogP contribution in [-0.4, -0.2) is 81.8 Å². The van der Waals surface area contributed by atoms with Crippen molar-refractivity contribution in [1.29, 1.82) is 0 Å². The number of benzene rings is 2. The molecule has 2 aromatic carbocycles. The third kappa shape index (κ3) is 7.56. The average Bonchev–Trinajstić information content (AvgIpc) is 4.11. The Balaban J connectivity index is 1.12. The van der Waals surface area contributed by atoms with Crippen LogP contribution >= 0.6 is 0 Å². The van der Waals surface area contributed by atoms with Gasteiger partial charge in [0.15, 0.2) is 5.78 Å². The largest absolute Gasteiger partial charge is 0.472 e. The van der Waals surface area contributed by atoms with Gasteiger partial charge < -0.3 is 15.0 Å². The number of pyridine rings is 1. The molecule has 2 saturated carbocycles. The minimum absolute atomic E-state index is 0.0351. The molecule has 286 valence electrons. The Morgan fingerprint density at radius 2 is 1.69 bits per heavy atom. The Kier molecular flexibility index (Phi) is 9.87. The number of carbonyl (C=O) groups excluding carboxylic acids is 4. The minimum Gasteiger partial charge on any atom is -0.472 e. The number of allylic oxidation sites excluding steroid dienone is 2. The molecule has 13 nitrogen and oxygen atoms in total. The fraction of sp³-hybridized carbons (Fsp3) is 0.439. The van der Waals surface area contributed by atoms with E-state index in [2.05, 4.69) is 20.0 Å². The number of rotatable bonds is 7. The summed E-state index contributed by atoms with van der Waals surface area (Å²) in [7, 11) is -3.85. The van der Waals surface area contributed by atoms with Crippen molar-refractivity contribution in [1.82, 2.24) is 29.9 Å². The summed E-state index contributed by atoms with van der Waals surface area (Å²) in [5.41, 5.74) is 0.193. The van der Waals surface area contributed by atoms with E-state index in [4.69, 9.17) is 9.72 Å². The lowest BCUT2D eigenvalue weighted by molar-refractivity contribution is -0.140. The number of ketones is 1. The molecule has 4 aliphatic rings. The van der Waals surface area contributed by atoms with Gasteiger partial charge >= 0.3 is 0 Å². The molecule has 2 aliphatic heterocycles. The number of hydrogen-bond donors (Lipinski definition) is 2. The first-order valence-electron chi connectivity index (χ1n) is 19.1. The molecule has 0 unspecified atom stereocenters. The Bertz CT molecular complexity index is 2310. The van der Waals surface area contributed by atoms with Gasteiger partial charge in [-0.25, -0.2) is 18.4 Å². The molecule has 1 saturated heterocycles. The van der Waals surface area contributed by atoms with E-state index < -0.39 is 56.6 Å². The highest BCUT2D eigenvalue weighted by molar-refractivity contribution is 7.90. The van der Waals surface area contributed by atoms with Crippen LogP contribution in [0.3, 0.4) is 0 Å². The van der Waals surface area contributed by atoms with E-state index in [1.165, 1.54) is 17.3 Å². The third-order valence-corrected chi connectivity index (χ3v) is 13.2. The lowest BCUT2D eigenvalue weighted by Crippen LogP contribution is -2.52. The smallest absolute Gasteiger partial charge is 0.272 e. The number of sulfonamides is 1. The van der Waals surface area contributed by atoms with E-state index in [1.807, 2.05) is 60.7 Å². The van der Waals surface area contributed by atoms with Gasteiger partial charge in [-0.05, 0) is 68.9 Å². The van der Waals surface area contributed by atoms with E-state index >= 15 is 0 Å². The summed E-state index contributed by atoms with van der Waals surface area (Å²) in [5, 5.41) is 4.98. The van der Waals surface area contributed by atoms with Crippen molar-refractivity contribution in [3.8, 4) is 5.88 Å². The molecule has 14 heteroatoms. The van der Waals surface area contributed by atoms with Gasteiger partial charge in [0, 0.05) is 29.8 Å². The number of aromatic nitrogens is 3. The molecule has 0 bridgehead atoms. The Morgan fingerprint density at radius 3 is 2.45 bits per heavy atom. The summed E-state index contributed by atoms with van der Waals surface area (Å²) < 4.78 is 34.7. The van der Waals surface area contributed by atoms with Crippen molar-refractivity contribution in [2.24, 2.45) is 11.3 Å². The van der Waals surface area contributed by atoms with E-state index in [9.17, 15) is 27.6 Å². The van der Waals surface area contributed by atoms with Crippen LogP contribution < -0.4 is 14.8 Å². The molecule has 2 aromatic heterocycles. The number of Topliss-reactive ketones (excluding diaryl/α,β-unsaturated/α-hetero) is 1. The Hall–Kier alpha value is -5.24. The number of fused-ring (bicyclic) bond motifs is 5. The number of ether oxygens (including phenoxy) is 1. The number of nitrogens with one attached hydrogen (secondary N) is 2. The summed E-state index contributed by atoms with van der Waals surface area (Å²) in [6.07, 6.45) is 10.6. The topological polar surface area (TPSA) is 178 Å². The number of carbonyl (C=O) groups is 4. The maximum absolute atomic E-state index is 14.7. The van der Waals surface area contributed by atoms with Crippen molar-refractivity contribution in [3.63, 3.8) is 0 Å². The fourth-order valence-electron chi connectivity index (χ4n) is 8.05. The van der Waals surface area contributed by atoms with Crippen LogP contribution in [0.4, 0.5) is 0 Å². The fourth-order valence-corrected chi connectivity index (χ4v) is 9.44. The molecule has 4 heterocycles. The van der Waals surface area contributed by atoms with Crippen LogP contribution in [0, 0.1) is 18.3 Å². The second-order valence-electron chi connectivity index (χ2n) is 15.4. The molecule has 8 rings (SSSR count). The van der Waals surface area contributed by atoms with Crippen LogP contribution in [0.2, 0.25) is 0 Å². The van der Waals surface area contributed by atoms with E-state index in [0.29, 0.717) is 43.7 Å². The molecule has 55 heavy (non-hydrogen) atoms. The summed E-state index contributed by atoms with van der Waals surface area (Å²) in [4.78, 5) is 71.2. The molecule has 2 aliphatic carbocycles. The number of hydrogen-bond acceptors (Lipinski definition) is 10. The second kappa shape index (κ2) is 14.8. The minimum atomic E-state index is -3.85. The number of nitrogens with zero attached hydrogens (tertiary/aromatic N) is 4. The van der Waals surface area contributed by atoms with Crippen LogP contribution in [0.1, 0.15) is 80.4 Å². The van der Waals surface area contributed by atoms with Crippen LogP contribution in [0.25, 0.3) is 21.7 Å². The van der Waals surface area contributed by atoms with Crippen molar-refractivity contribution >= 4 is 55.2 Å². The zero-order valence-electron chi connectivity index (χ0n) is 30.6. The lowest BCUT2D eigenvalue weighted by atomic mass is 9.91. The predicted octanol–water partition coefficient (Wildman–Crippen LogP) is 4.73. The highest BCUT2D eigenvalue weighted by Crippen LogP contribution is 2.57. The first kappa shape index (κ1) is 36.7. The van der Waals surface area contributed by atoms with Crippen molar-refractivity contribution in [3.05, 3.63) is 84.5 Å². The van der Waals surface area contributed by atoms with Gasteiger partial charge in [-0.1, -0.05) is 61.4 Å². The highest BCUT2D eigenvalue weighted by Gasteiger charge is 2.61. The van der Waals surface area contributed by atoms with Gasteiger partial charge in [0.1, 0.15) is 17.8 Å². The molecular formula is C41H44N6O7S. The number of para-hydroxylation sites is 1. The van der Waals surface area contributed by atoms with Crippen molar-refractivity contribution in [2.45, 2.75) is 94.6 Å². The maximum Gasteiger partial charge on any atom is 0.272 e. The van der Waals surface area contributed by atoms with Gasteiger partial charge in [-0.15, -0.1) is 0 Å². The van der Waals surface area contributed by atoms with E-state index in [0.717, 1.165) is 40.9 Å². The van der Waals surface area contributed by atoms with Crippen molar-refractivity contribution < 1.29 is 32.3 Å². The molecule has 3 fully saturated rings. The van der Waals surface area contributed by atoms with Crippen LogP contribution in [0.15, 0.2) is 73.1 Å². The second-order valence-corrected chi connectivity index (χ2v) is 17.3. The third-order valence-electron chi connectivity index (χ3n) is 11.4. The first-order valence-corrected chi connectivity index (χ1v) is 20.7. The Morgan fingerprint density at radius 1 is 0.927 bits per heavy atom. The van der Waals surface area contributed by atoms with Gasteiger partial charge in [-0.2, -0.15) is 0 Å². The quantitative estimate of drug-likeness (QED) is 0.198. The number of aryl methyl sites for hydroxylation is 1.